The Morgan fingerprint density at radius 3 is 2.36 bits per heavy atom. The highest BCUT2D eigenvalue weighted by Crippen LogP contribution is 2.30. The Hall–Kier alpha value is -3.05. The number of nitrogens with zero attached hydrogens (tertiary/aromatic N) is 4. The number of anilines is 3. The van der Waals surface area contributed by atoms with Crippen LogP contribution in [0.15, 0.2) is 72.9 Å². The lowest BCUT2D eigenvalue weighted by atomic mass is 10.2. The standard InChI is InChI=1S/C23H26N4O/c1-25-14-16-27(17-15-25)21-7-5-6-20(18-21)26(2)19-9-11-22(12-10-19)28-23-8-3-4-13-24-23/h3-13,18H,14-17H2,1-2H3. The predicted octanol–water partition coefficient (Wildman–Crippen LogP) is 4.39. The molecule has 1 fully saturated rings. The molecule has 0 unspecified atom stereocenters. The van der Waals surface area contributed by atoms with Crippen LogP contribution in [0.4, 0.5) is 17.1 Å². The van der Waals surface area contributed by atoms with E-state index in [1.165, 1.54) is 11.4 Å². The fourth-order valence-corrected chi connectivity index (χ4v) is 3.38. The zero-order valence-electron chi connectivity index (χ0n) is 16.5. The highest BCUT2D eigenvalue weighted by atomic mass is 16.5. The van der Waals surface area contributed by atoms with E-state index in [0.29, 0.717) is 5.88 Å². The molecule has 0 aliphatic carbocycles. The Kier molecular flexibility index (Phi) is 5.44. The van der Waals surface area contributed by atoms with Crippen molar-refractivity contribution in [1.29, 1.82) is 0 Å². The van der Waals surface area contributed by atoms with Crippen molar-refractivity contribution in [1.82, 2.24) is 9.88 Å². The van der Waals surface area contributed by atoms with E-state index in [2.05, 4.69) is 70.2 Å². The van der Waals surface area contributed by atoms with Crippen LogP contribution in [0.2, 0.25) is 0 Å². The largest absolute Gasteiger partial charge is 0.439 e. The summed E-state index contributed by atoms with van der Waals surface area (Å²) in [5, 5.41) is 0. The molecule has 5 heteroatoms. The normalized spacial score (nSPS) is 14.7. The van der Waals surface area contributed by atoms with Crippen LogP contribution in [0.5, 0.6) is 11.6 Å². The molecule has 2 heterocycles. The van der Waals surface area contributed by atoms with Gasteiger partial charge in [-0.2, -0.15) is 0 Å². The van der Waals surface area contributed by atoms with Crippen molar-refractivity contribution in [3.63, 3.8) is 0 Å². The summed E-state index contributed by atoms with van der Waals surface area (Å²) in [6, 6.07) is 22.5. The van der Waals surface area contributed by atoms with Gasteiger partial charge in [0.15, 0.2) is 0 Å². The highest BCUT2D eigenvalue weighted by molar-refractivity contribution is 5.67. The van der Waals surface area contributed by atoms with Crippen molar-refractivity contribution in [2.75, 3.05) is 50.1 Å². The number of ether oxygens (including phenoxy) is 1. The van der Waals surface area contributed by atoms with Crippen molar-refractivity contribution >= 4 is 17.1 Å². The van der Waals surface area contributed by atoms with Crippen LogP contribution < -0.4 is 14.5 Å². The minimum Gasteiger partial charge on any atom is -0.439 e. The van der Waals surface area contributed by atoms with Gasteiger partial charge in [0.25, 0.3) is 0 Å². The van der Waals surface area contributed by atoms with E-state index in [0.717, 1.165) is 37.6 Å². The van der Waals surface area contributed by atoms with Gasteiger partial charge in [-0.25, -0.2) is 4.98 Å². The molecule has 1 aromatic heterocycles. The minimum absolute atomic E-state index is 0.600. The SMILES string of the molecule is CN1CCN(c2cccc(N(C)c3ccc(Oc4ccccn4)cc3)c2)CC1. The third-order valence-corrected chi connectivity index (χ3v) is 5.17. The fourth-order valence-electron chi connectivity index (χ4n) is 3.38. The molecule has 0 spiro atoms. The second kappa shape index (κ2) is 8.31. The number of hydrogen-bond donors (Lipinski definition) is 0. The van der Waals surface area contributed by atoms with Crippen LogP contribution in [-0.2, 0) is 0 Å². The maximum atomic E-state index is 5.79. The van der Waals surface area contributed by atoms with Gasteiger partial charge in [-0.3, -0.25) is 0 Å². The van der Waals surface area contributed by atoms with Crippen LogP contribution in [0.25, 0.3) is 0 Å². The lowest BCUT2D eigenvalue weighted by Gasteiger charge is -2.34. The number of piperazine rings is 1. The van der Waals surface area contributed by atoms with Gasteiger partial charge >= 0.3 is 0 Å². The van der Waals surface area contributed by atoms with Crippen LogP contribution >= 0.6 is 0 Å². The Morgan fingerprint density at radius 1 is 0.857 bits per heavy atom. The van der Waals surface area contributed by atoms with E-state index in [9.17, 15) is 0 Å². The summed E-state index contributed by atoms with van der Waals surface area (Å²) in [7, 11) is 4.28. The molecule has 1 saturated heterocycles. The summed E-state index contributed by atoms with van der Waals surface area (Å²) in [6.45, 7) is 4.36. The molecule has 4 rings (SSSR count). The Bertz CT molecular complexity index is 890. The quantitative estimate of drug-likeness (QED) is 0.661. The molecule has 0 bridgehead atoms. The van der Waals surface area contributed by atoms with Gasteiger partial charge in [0.1, 0.15) is 5.75 Å². The molecule has 3 aromatic rings. The van der Waals surface area contributed by atoms with E-state index in [1.807, 2.05) is 30.3 Å². The number of aromatic nitrogens is 1. The molecule has 0 radical (unpaired) electrons. The first kappa shape index (κ1) is 18.3. The van der Waals surface area contributed by atoms with Gasteiger partial charge in [0, 0.05) is 62.6 Å². The van der Waals surface area contributed by atoms with Crippen LogP contribution in [0.3, 0.4) is 0 Å². The monoisotopic (exact) mass is 374 g/mol. The fraction of sp³-hybridized carbons (Fsp3) is 0.261. The third kappa shape index (κ3) is 4.26. The van der Waals surface area contributed by atoms with Crippen molar-refractivity contribution in [2.45, 2.75) is 0 Å². The van der Waals surface area contributed by atoms with E-state index < -0.39 is 0 Å². The first-order valence-electron chi connectivity index (χ1n) is 9.65. The highest BCUT2D eigenvalue weighted by Gasteiger charge is 2.15. The molecular weight excluding hydrogens is 348 g/mol. The molecule has 2 aromatic carbocycles. The maximum absolute atomic E-state index is 5.79. The van der Waals surface area contributed by atoms with E-state index in [4.69, 9.17) is 4.74 Å². The van der Waals surface area contributed by atoms with Crippen LogP contribution in [-0.4, -0.2) is 50.2 Å². The molecular formula is C23H26N4O. The molecule has 1 aliphatic rings. The average Bonchev–Trinajstić information content (AvgIpc) is 2.75. The summed E-state index contributed by atoms with van der Waals surface area (Å²) in [6.07, 6.45) is 1.73. The average molecular weight is 374 g/mol. The van der Waals surface area contributed by atoms with Crippen molar-refractivity contribution in [3.8, 4) is 11.6 Å². The third-order valence-electron chi connectivity index (χ3n) is 5.17. The summed E-state index contributed by atoms with van der Waals surface area (Å²) in [4.78, 5) is 11.2. The van der Waals surface area contributed by atoms with Crippen molar-refractivity contribution in [2.24, 2.45) is 0 Å². The minimum atomic E-state index is 0.600. The van der Waals surface area contributed by atoms with Crippen LogP contribution in [0.1, 0.15) is 0 Å². The molecule has 144 valence electrons. The first-order chi connectivity index (χ1) is 13.7. The molecule has 5 nitrogen and oxygen atoms in total. The van der Waals surface area contributed by atoms with Gasteiger partial charge in [-0.15, -0.1) is 0 Å². The number of rotatable bonds is 5. The molecule has 28 heavy (non-hydrogen) atoms. The second-order valence-corrected chi connectivity index (χ2v) is 7.13. The van der Waals surface area contributed by atoms with E-state index in [1.54, 1.807) is 6.20 Å². The first-order valence-corrected chi connectivity index (χ1v) is 9.65. The van der Waals surface area contributed by atoms with E-state index in [-0.39, 0.29) is 0 Å². The molecule has 1 aliphatic heterocycles. The predicted molar refractivity (Wildman–Crippen MR) is 115 cm³/mol. The second-order valence-electron chi connectivity index (χ2n) is 7.13. The smallest absolute Gasteiger partial charge is 0.219 e. The Morgan fingerprint density at radius 2 is 1.64 bits per heavy atom. The van der Waals surface area contributed by atoms with Crippen molar-refractivity contribution < 1.29 is 4.74 Å². The van der Waals surface area contributed by atoms with Gasteiger partial charge in [0.05, 0.1) is 0 Å². The molecule has 0 N–H and O–H groups in total. The molecule has 0 saturated carbocycles. The molecule has 0 amide bonds. The van der Waals surface area contributed by atoms with Crippen molar-refractivity contribution in [3.05, 3.63) is 72.9 Å². The lowest BCUT2D eigenvalue weighted by molar-refractivity contribution is 0.313. The number of hydrogen-bond acceptors (Lipinski definition) is 5. The summed E-state index contributed by atoms with van der Waals surface area (Å²) in [5.74, 6) is 1.38. The van der Waals surface area contributed by atoms with E-state index >= 15 is 0 Å². The maximum Gasteiger partial charge on any atom is 0.219 e. The molecule has 0 atom stereocenters. The van der Waals surface area contributed by atoms with Gasteiger partial charge in [0.2, 0.25) is 5.88 Å². The zero-order chi connectivity index (χ0) is 19.3. The van der Waals surface area contributed by atoms with Crippen LogP contribution in [0, 0.1) is 0 Å². The zero-order valence-corrected chi connectivity index (χ0v) is 16.5. The number of pyridine rings is 1. The summed E-state index contributed by atoms with van der Waals surface area (Å²) >= 11 is 0. The van der Waals surface area contributed by atoms with Gasteiger partial charge < -0.3 is 19.4 Å². The summed E-state index contributed by atoms with van der Waals surface area (Å²) in [5.41, 5.74) is 3.58. The Labute approximate surface area is 166 Å². The number of likely N-dealkylation sites (N-methyl/N-ethyl adjacent to an activating group) is 1. The Balaban J connectivity index is 1.46. The van der Waals surface area contributed by atoms with Gasteiger partial charge in [-0.05, 0) is 55.6 Å². The van der Waals surface area contributed by atoms with Gasteiger partial charge in [-0.1, -0.05) is 12.1 Å². The lowest BCUT2D eigenvalue weighted by Crippen LogP contribution is -2.44. The number of benzene rings is 2. The summed E-state index contributed by atoms with van der Waals surface area (Å²) < 4.78 is 5.79. The topological polar surface area (TPSA) is 31.8 Å².